The lowest BCUT2D eigenvalue weighted by molar-refractivity contribution is -0.384. The maximum atomic E-state index is 13.1. The summed E-state index contributed by atoms with van der Waals surface area (Å²) in [4.78, 5) is 22.3. The van der Waals surface area contributed by atoms with Gasteiger partial charge in [-0.15, -0.1) is 0 Å². The van der Waals surface area contributed by atoms with Gasteiger partial charge < -0.3 is 10.6 Å². The minimum Gasteiger partial charge on any atom is -0.320 e. The molecule has 1 heterocycles. The van der Waals surface area contributed by atoms with Gasteiger partial charge in [-0.05, 0) is 26.0 Å². The Balaban J connectivity index is 2.25. The summed E-state index contributed by atoms with van der Waals surface area (Å²) in [6, 6.07) is 2.99. The molecule has 1 atom stereocenters. The van der Waals surface area contributed by atoms with Crippen molar-refractivity contribution in [2.45, 2.75) is 13.3 Å². The summed E-state index contributed by atoms with van der Waals surface area (Å²) in [5.74, 6) is -0.971. The van der Waals surface area contributed by atoms with Gasteiger partial charge in [0.25, 0.3) is 5.69 Å². The molecule has 0 aromatic heterocycles. The van der Waals surface area contributed by atoms with E-state index in [1.54, 1.807) is 6.92 Å². The standard InChI is InChI=1S/C12H14FN3O3/c1-12(4-5-14-7-12)11(17)15-9-6-8(13)2-3-10(9)16(18)19/h2-3,6,14H,4-5,7H2,1H3,(H,15,17). The summed E-state index contributed by atoms with van der Waals surface area (Å²) in [6.45, 7) is 2.99. The third-order valence-corrected chi connectivity index (χ3v) is 3.32. The first-order chi connectivity index (χ1) is 8.92. The van der Waals surface area contributed by atoms with Crippen molar-refractivity contribution in [3.8, 4) is 0 Å². The van der Waals surface area contributed by atoms with E-state index < -0.39 is 16.2 Å². The zero-order chi connectivity index (χ0) is 14.0. The second-order valence-corrected chi connectivity index (χ2v) is 4.86. The average Bonchev–Trinajstić information content (AvgIpc) is 2.77. The lowest BCUT2D eigenvalue weighted by atomic mass is 9.88. The quantitative estimate of drug-likeness (QED) is 0.644. The molecule has 6 nitrogen and oxygen atoms in total. The summed E-state index contributed by atoms with van der Waals surface area (Å²) < 4.78 is 13.1. The van der Waals surface area contributed by atoms with Crippen molar-refractivity contribution in [3.63, 3.8) is 0 Å². The van der Waals surface area contributed by atoms with Gasteiger partial charge in [0.05, 0.1) is 10.3 Å². The number of nitrogens with one attached hydrogen (secondary N) is 2. The minimum absolute atomic E-state index is 0.108. The van der Waals surface area contributed by atoms with E-state index in [4.69, 9.17) is 0 Å². The Labute approximate surface area is 109 Å². The summed E-state index contributed by atoms with van der Waals surface area (Å²) >= 11 is 0. The summed E-state index contributed by atoms with van der Waals surface area (Å²) in [6.07, 6.45) is 0.641. The van der Waals surface area contributed by atoms with E-state index in [0.29, 0.717) is 13.0 Å². The van der Waals surface area contributed by atoms with Crippen LogP contribution >= 0.6 is 0 Å². The first-order valence-corrected chi connectivity index (χ1v) is 5.88. The zero-order valence-corrected chi connectivity index (χ0v) is 10.4. The van der Waals surface area contributed by atoms with Crippen LogP contribution in [0.15, 0.2) is 18.2 Å². The predicted octanol–water partition coefficient (Wildman–Crippen LogP) is 1.67. The minimum atomic E-state index is -0.649. The fourth-order valence-corrected chi connectivity index (χ4v) is 2.05. The second-order valence-electron chi connectivity index (χ2n) is 4.86. The fraction of sp³-hybridized carbons (Fsp3) is 0.417. The number of hydrogen-bond acceptors (Lipinski definition) is 4. The van der Waals surface area contributed by atoms with Crippen molar-refractivity contribution < 1.29 is 14.1 Å². The number of anilines is 1. The van der Waals surface area contributed by atoms with Crippen LogP contribution in [0.5, 0.6) is 0 Å². The number of nitro groups is 1. The first kappa shape index (κ1) is 13.4. The largest absolute Gasteiger partial charge is 0.320 e. The number of halogens is 1. The number of nitrogens with zero attached hydrogens (tertiary/aromatic N) is 1. The number of rotatable bonds is 3. The molecule has 0 radical (unpaired) electrons. The van der Waals surface area contributed by atoms with E-state index in [1.807, 2.05) is 0 Å². The van der Waals surface area contributed by atoms with Gasteiger partial charge in [0.2, 0.25) is 5.91 Å². The van der Waals surface area contributed by atoms with Crippen LogP contribution in [0.4, 0.5) is 15.8 Å². The van der Waals surface area contributed by atoms with E-state index >= 15 is 0 Å². The van der Waals surface area contributed by atoms with Crippen molar-refractivity contribution in [1.82, 2.24) is 5.32 Å². The summed E-state index contributed by atoms with van der Waals surface area (Å²) in [5, 5.41) is 16.3. The van der Waals surface area contributed by atoms with Crippen LogP contribution in [0, 0.1) is 21.3 Å². The van der Waals surface area contributed by atoms with Gasteiger partial charge in [-0.2, -0.15) is 0 Å². The van der Waals surface area contributed by atoms with Gasteiger partial charge >= 0.3 is 0 Å². The molecule has 0 saturated carbocycles. The molecule has 1 fully saturated rings. The number of carbonyl (C=O) groups is 1. The molecule has 1 aromatic rings. The lowest BCUT2D eigenvalue weighted by Crippen LogP contribution is -2.35. The normalized spacial score (nSPS) is 22.2. The van der Waals surface area contributed by atoms with Crippen molar-refractivity contribution in [2.75, 3.05) is 18.4 Å². The molecule has 0 aliphatic carbocycles. The number of carbonyl (C=O) groups excluding carboxylic acids is 1. The smallest absolute Gasteiger partial charge is 0.292 e. The molecular weight excluding hydrogens is 253 g/mol. The molecule has 1 saturated heterocycles. The highest BCUT2D eigenvalue weighted by Gasteiger charge is 2.37. The van der Waals surface area contributed by atoms with Crippen LogP contribution < -0.4 is 10.6 Å². The highest BCUT2D eigenvalue weighted by Crippen LogP contribution is 2.30. The number of benzene rings is 1. The Hall–Kier alpha value is -2.02. The average molecular weight is 267 g/mol. The van der Waals surface area contributed by atoms with E-state index in [-0.39, 0.29) is 17.3 Å². The summed E-state index contributed by atoms with van der Waals surface area (Å²) in [5.41, 5.74) is -1.05. The molecule has 1 unspecified atom stereocenters. The molecule has 2 N–H and O–H groups in total. The third-order valence-electron chi connectivity index (χ3n) is 3.32. The monoisotopic (exact) mass is 267 g/mol. The van der Waals surface area contributed by atoms with Gasteiger partial charge in [-0.3, -0.25) is 14.9 Å². The highest BCUT2D eigenvalue weighted by atomic mass is 19.1. The van der Waals surface area contributed by atoms with Gasteiger partial charge in [0.1, 0.15) is 11.5 Å². The first-order valence-electron chi connectivity index (χ1n) is 5.88. The molecule has 0 spiro atoms. The van der Waals surface area contributed by atoms with Gasteiger partial charge in [-0.25, -0.2) is 4.39 Å². The molecular formula is C12H14FN3O3. The Morgan fingerprint density at radius 2 is 2.32 bits per heavy atom. The van der Waals surface area contributed by atoms with E-state index in [0.717, 1.165) is 24.7 Å². The second kappa shape index (κ2) is 4.93. The van der Waals surface area contributed by atoms with Gasteiger partial charge in [0.15, 0.2) is 0 Å². The number of hydrogen-bond donors (Lipinski definition) is 2. The third kappa shape index (κ3) is 2.70. The SMILES string of the molecule is CC1(C(=O)Nc2cc(F)ccc2[N+](=O)[O-])CCNC1. The molecule has 19 heavy (non-hydrogen) atoms. The van der Waals surface area contributed by atoms with Gasteiger partial charge in [-0.1, -0.05) is 0 Å². The van der Waals surface area contributed by atoms with Crippen molar-refractivity contribution in [2.24, 2.45) is 5.41 Å². The van der Waals surface area contributed by atoms with E-state index in [2.05, 4.69) is 10.6 Å². The molecule has 7 heteroatoms. The maximum Gasteiger partial charge on any atom is 0.292 e. The van der Waals surface area contributed by atoms with Crippen molar-refractivity contribution in [1.29, 1.82) is 0 Å². The molecule has 0 bridgehead atoms. The topological polar surface area (TPSA) is 84.3 Å². The van der Waals surface area contributed by atoms with Crippen molar-refractivity contribution in [3.05, 3.63) is 34.1 Å². The van der Waals surface area contributed by atoms with E-state index in [9.17, 15) is 19.3 Å². The Morgan fingerprint density at radius 3 is 2.89 bits per heavy atom. The molecule has 1 aliphatic rings. The zero-order valence-electron chi connectivity index (χ0n) is 10.4. The molecule has 1 aromatic carbocycles. The Kier molecular flexibility index (Phi) is 3.48. The molecule has 1 aliphatic heterocycles. The molecule has 1 amide bonds. The van der Waals surface area contributed by atoms with Crippen LogP contribution in [0.3, 0.4) is 0 Å². The van der Waals surface area contributed by atoms with Crippen LogP contribution in [-0.4, -0.2) is 23.9 Å². The Morgan fingerprint density at radius 1 is 1.58 bits per heavy atom. The highest BCUT2D eigenvalue weighted by molar-refractivity contribution is 5.97. The summed E-state index contributed by atoms with van der Waals surface area (Å²) in [7, 11) is 0. The fourth-order valence-electron chi connectivity index (χ4n) is 2.05. The lowest BCUT2D eigenvalue weighted by Gasteiger charge is -2.21. The van der Waals surface area contributed by atoms with Crippen LogP contribution in [0.1, 0.15) is 13.3 Å². The van der Waals surface area contributed by atoms with Crippen LogP contribution in [-0.2, 0) is 4.79 Å². The maximum absolute atomic E-state index is 13.1. The predicted molar refractivity (Wildman–Crippen MR) is 67.3 cm³/mol. The molecule has 2 rings (SSSR count). The van der Waals surface area contributed by atoms with Crippen LogP contribution in [0.25, 0.3) is 0 Å². The van der Waals surface area contributed by atoms with Gasteiger partial charge in [0, 0.05) is 18.7 Å². The molecule has 102 valence electrons. The number of amides is 1. The van der Waals surface area contributed by atoms with E-state index in [1.165, 1.54) is 0 Å². The van der Waals surface area contributed by atoms with Crippen molar-refractivity contribution >= 4 is 17.3 Å². The Bertz CT molecular complexity index is 527. The van der Waals surface area contributed by atoms with Crippen LogP contribution in [0.2, 0.25) is 0 Å². The number of nitro benzene ring substituents is 1.